The average Bonchev–Trinajstić information content (AvgIpc) is 2.46. The van der Waals surface area contributed by atoms with Crippen LogP contribution in [-0.2, 0) is 11.2 Å². The van der Waals surface area contributed by atoms with Crippen molar-refractivity contribution in [3.05, 3.63) is 34.4 Å². The maximum Gasteiger partial charge on any atom is 0.0858 e. The van der Waals surface area contributed by atoms with Gasteiger partial charge in [0.05, 0.1) is 12.7 Å². The van der Waals surface area contributed by atoms with E-state index in [4.69, 9.17) is 4.74 Å². The number of ether oxygens (including phenoxy) is 1. The van der Waals surface area contributed by atoms with Gasteiger partial charge in [-0.05, 0) is 57.5 Å². The van der Waals surface area contributed by atoms with E-state index >= 15 is 0 Å². The van der Waals surface area contributed by atoms with Crippen molar-refractivity contribution >= 4 is 0 Å². The third-order valence-corrected chi connectivity index (χ3v) is 4.71. The van der Waals surface area contributed by atoms with Gasteiger partial charge in [-0.25, -0.2) is 0 Å². The van der Waals surface area contributed by atoms with Gasteiger partial charge in [0, 0.05) is 19.1 Å². The van der Waals surface area contributed by atoms with E-state index in [-0.39, 0.29) is 6.10 Å². The number of nitrogens with one attached hydrogen (secondary N) is 1. The van der Waals surface area contributed by atoms with Crippen LogP contribution in [-0.4, -0.2) is 50.3 Å². The largest absolute Gasteiger partial charge is 0.374 e. The van der Waals surface area contributed by atoms with Gasteiger partial charge in [-0.3, -0.25) is 4.90 Å². The van der Waals surface area contributed by atoms with Crippen molar-refractivity contribution in [3.8, 4) is 0 Å². The molecule has 0 aromatic heterocycles. The summed E-state index contributed by atoms with van der Waals surface area (Å²) >= 11 is 0. The highest BCUT2D eigenvalue weighted by atomic mass is 16.5. The molecule has 1 fully saturated rings. The van der Waals surface area contributed by atoms with Crippen molar-refractivity contribution < 1.29 is 4.74 Å². The van der Waals surface area contributed by atoms with Crippen LogP contribution in [0, 0.1) is 20.8 Å². The molecule has 2 unspecified atom stereocenters. The minimum Gasteiger partial charge on any atom is -0.374 e. The van der Waals surface area contributed by atoms with Crippen molar-refractivity contribution in [2.24, 2.45) is 0 Å². The summed E-state index contributed by atoms with van der Waals surface area (Å²) in [4.78, 5) is 2.48. The van der Waals surface area contributed by atoms with Gasteiger partial charge < -0.3 is 10.1 Å². The molecular weight excluding hydrogens is 260 g/mol. The van der Waals surface area contributed by atoms with Crippen molar-refractivity contribution in [2.45, 2.75) is 46.3 Å². The summed E-state index contributed by atoms with van der Waals surface area (Å²) < 4.78 is 6.03. The van der Waals surface area contributed by atoms with Crippen molar-refractivity contribution in [2.75, 3.05) is 33.3 Å². The highest BCUT2D eigenvalue weighted by molar-refractivity contribution is 5.38. The van der Waals surface area contributed by atoms with Crippen LogP contribution in [0.3, 0.4) is 0 Å². The first-order chi connectivity index (χ1) is 10.0. The number of hydrogen-bond donors (Lipinski definition) is 1. The second-order valence-corrected chi connectivity index (χ2v) is 6.28. The van der Waals surface area contributed by atoms with E-state index in [0.717, 1.165) is 32.7 Å². The zero-order chi connectivity index (χ0) is 15.4. The van der Waals surface area contributed by atoms with Crippen LogP contribution in [0.25, 0.3) is 0 Å². The lowest BCUT2D eigenvalue weighted by Gasteiger charge is -2.37. The molecule has 1 heterocycles. The molecule has 2 atom stereocenters. The molecule has 0 saturated carbocycles. The highest BCUT2D eigenvalue weighted by Crippen LogP contribution is 2.20. The fourth-order valence-corrected chi connectivity index (χ4v) is 3.43. The summed E-state index contributed by atoms with van der Waals surface area (Å²) in [6, 6.07) is 4.95. The number of hydrogen-bond acceptors (Lipinski definition) is 3. The lowest BCUT2D eigenvalue weighted by atomic mass is 9.92. The Kier molecular flexibility index (Phi) is 5.80. The van der Waals surface area contributed by atoms with Gasteiger partial charge in [-0.15, -0.1) is 0 Å². The summed E-state index contributed by atoms with van der Waals surface area (Å²) in [6.45, 7) is 12.9. The molecule has 0 amide bonds. The summed E-state index contributed by atoms with van der Waals surface area (Å²) in [5.41, 5.74) is 5.62. The Hall–Kier alpha value is -0.900. The molecule has 1 aliphatic heterocycles. The maximum atomic E-state index is 6.03. The summed E-state index contributed by atoms with van der Waals surface area (Å²) in [7, 11) is 2.05. The third-order valence-electron chi connectivity index (χ3n) is 4.71. The lowest BCUT2D eigenvalue weighted by molar-refractivity contribution is -0.0436. The van der Waals surface area contributed by atoms with Gasteiger partial charge in [0.2, 0.25) is 0 Å². The zero-order valence-electron chi connectivity index (χ0n) is 14.2. The minimum absolute atomic E-state index is 0.281. The molecule has 0 aliphatic carbocycles. The molecule has 1 saturated heterocycles. The zero-order valence-corrected chi connectivity index (χ0v) is 14.2. The van der Waals surface area contributed by atoms with Crippen LogP contribution in [0.4, 0.5) is 0 Å². The van der Waals surface area contributed by atoms with Crippen molar-refractivity contribution in [1.29, 1.82) is 0 Å². The highest BCUT2D eigenvalue weighted by Gasteiger charge is 2.27. The molecule has 118 valence electrons. The monoisotopic (exact) mass is 290 g/mol. The van der Waals surface area contributed by atoms with E-state index in [2.05, 4.69) is 57.1 Å². The van der Waals surface area contributed by atoms with Crippen molar-refractivity contribution in [3.63, 3.8) is 0 Å². The van der Waals surface area contributed by atoms with Crippen LogP contribution in [0.2, 0.25) is 0 Å². The maximum absolute atomic E-state index is 6.03. The first kappa shape index (κ1) is 16.5. The second kappa shape index (κ2) is 7.39. The average molecular weight is 290 g/mol. The number of aryl methyl sites for hydroxylation is 3. The fourth-order valence-electron chi connectivity index (χ4n) is 3.43. The molecule has 1 aromatic rings. The van der Waals surface area contributed by atoms with Gasteiger partial charge in [-0.2, -0.15) is 0 Å². The van der Waals surface area contributed by atoms with Gasteiger partial charge in [0.15, 0.2) is 0 Å². The normalized spacial score (nSPS) is 21.5. The SMILES string of the molecule is CCN1CCOC(C(Cc2c(C)cc(C)cc2C)NC)C1. The summed E-state index contributed by atoms with van der Waals surface area (Å²) in [5, 5.41) is 3.48. The number of morpholine rings is 1. The fraction of sp³-hybridized carbons (Fsp3) is 0.667. The van der Waals surface area contributed by atoms with Crippen molar-refractivity contribution in [1.82, 2.24) is 10.2 Å². The molecule has 21 heavy (non-hydrogen) atoms. The van der Waals surface area contributed by atoms with E-state index in [1.807, 2.05) is 0 Å². The minimum atomic E-state index is 0.281. The van der Waals surface area contributed by atoms with Crippen LogP contribution < -0.4 is 5.32 Å². The first-order valence-electron chi connectivity index (χ1n) is 8.13. The topological polar surface area (TPSA) is 24.5 Å². The molecule has 1 aromatic carbocycles. The van der Waals surface area contributed by atoms with E-state index in [9.17, 15) is 0 Å². The smallest absolute Gasteiger partial charge is 0.0858 e. The quantitative estimate of drug-likeness (QED) is 0.901. The molecule has 0 radical (unpaired) electrons. The second-order valence-electron chi connectivity index (χ2n) is 6.28. The van der Waals surface area contributed by atoms with E-state index in [1.54, 1.807) is 0 Å². The van der Waals surface area contributed by atoms with E-state index < -0.39 is 0 Å². The number of benzene rings is 1. The molecule has 2 rings (SSSR count). The Morgan fingerprint density at radius 3 is 2.52 bits per heavy atom. The standard InChI is InChI=1S/C18H30N2O/c1-6-20-7-8-21-18(12-20)17(19-5)11-16-14(3)9-13(2)10-15(16)4/h9-10,17-19H,6-8,11-12H2,1-5H3. The Labute approximate surface area is 129 Å². The number of likely N-dealkylation sites (N-methyl/N-ethyl adjacent to an activating group) is 2. The first-order valence-corrected chi connectivity index (χ1v) is 8.13. The predicted octanol–water partition coefficient (Wildman–Crippen LogP) is 2.46. The Bertz CT molecular complexity index is 449. The molecule has 0 bridgehead atoms. The van der Waals surface area contributed by atoms with Crippen LogP contribution in [0.5, 0.6) is 0 Å². The van der Waals surface area contributed by atoms with Crippen LogP contribution >= 0.6 is 0 Å². The van der Waals surface area contributed by atoms with Crippen LogP contribution in [0.1, 0.15) is 29.2 Å². The predicted molar refractivity (Wildman–Crippen MR) is 89.1 cm³/mol. The lowest BCUT2D eigenvalue weighted by Crippen LogP contribution is -2.52. The van der Waals surface area contributed by atoms with Gasteiger partial charge in [0.1, 0.15) is 0 Å². The number of nitrogens with zero attached hydrogens (tertiary/aromatic N) is 1. The third kappa shape index (κ3) is 4.06. The van der Waals surface area contributed by atoms with E-state index in [0.29, 0.717) is 6.04 Å². The Balaban J connectivity index is 2.12. The molecule has 3 heteroatoms. The number of rotatable bonds is 5. The van der Waals surface area contributed by atoms with Gasteiger partial charge in [-0.1, -0.05) is 24.6 Å². The van der Waals surface area contributed by atoms with Gasteiger partial charge in [0.25, 0.3) is 0 Å². The molecule has 0 spiro atoms. The Morgan fingerprint density at radius 1 is 1.29 bits per heavy atom. The van der Waals surface area contributed by atoms with Gasteiger partial charge >= 0.3 is 0 Å². The molecule has 3 nitrogen and oxygen atoms in total. The molecule has 1 N–H and O–H groups in total. The summed E-state index contributed by atoms with van der Waals surface area (Å²) in [6.07, 6.45) is 1.32. The molecular formula is C18H30N2O. The molecule has 1 aliphatic rings. The summed E-state index contributed by atoms with van der Waals surface area (Å²) in [5.74, 6) is 0. The van der Waals surface area contributed by atoms with Crippen LogP contribution in [0.15, 0.2) is 12.1 Å². The van der Waals surface area contributed by atoms with E-state index in [1.165, 1.54) is 22.3 Å². The Morgan fingerprint density at radius 2 is 1.95 bits per heavy atom.